The molecule has 0 unspecified atom stereocenters. The highest BCUT2D eigenvalue weighted by molar-refractivity contribution is 9.10. The molecular weight excluding hydrogens is 328 g/mol. The molecule has 19 heavy (non-hydrogen) atoms. The third kappa shape index (κ3) is 2.17. The van der Waals surface area contributed by atoms with Gasteiger partial charge in [0, 0.05) is 10.9 Å². The first kappa shape index (κ1) is 12.7. The molecule has 0 saturated heterocycles. The van der Waals surface area contributed by atoms with Crippen molar-refractivity contribution in [1.82, 2.24) is 0 Å². The summed E-state index contributed by atoms with van der Waals surface area (Å²) in [5.74, 6) is 1.27. The number of hydrogen-bond acceptors (Lipinski definition) is 4. The molecule has 1 aromatic heterocycles. The quantitative estimate of drug-likeness (QED) is 0.800. The summed E-state index contributed by atoms with van der Waals surface area (Å²) in [7, 11) is 1.57. The van der Waals surface area contributed by atoms with Crippen LogP contribution in [0.5, 0.6) is 11.5 Å². The normalized spacial score (nSPS) is 12.9. The van der Waals surface area contributed by atoms with Gasteiger partial charge in [0.25, 0.3) is 0 Å². The van der Waals surface area contributed by atoms with Crippen LogP contribution >= 0.6 is 27.3 Å². The fourth-order valence-corrected chi connectivity index (χ4v) is 3.50. The van der Waals surface area contributed by atoms with E-state index in [-0.39, 0.29) is 5.78 Å². The average Bonchev–Trinajstić information content (AvgIpc) is 3.04. The van der Waals surface area contributed by atoms with Crippen LogP contribution in [0.1, 0.15) is 20.8 Å². The van der Waals surface area contributed by atoms with Gasteiger partial charge in [0.1, 0.15) is 16.4 Å². The highest BCUT2D eigenvalue weighted by atomic mass is 79.9. The zero-order valence-electron chi connectivity index (χ0n) is 10.2. The van der Waals surface area contributed by atoms with Crippen molar-refractivity contribution in [3.63, 3.8) is 0 Å². The van der Waals surface area contributed by atoms with Crippen molar-refractivity contribution in [3.05, 3.63) is 44.1 Å². The predicted molar refractivity (Wildman–Crippen MR) is 77.6 cm³/mol. The van der Waals surface area contributed by atoms with Gasteiger partial charge < -0.3 is 9.47 Å². The van der Waals surface area contributed by atoms with Crippen molar-refractivity contribution in [2.75, 3.05) is 13.7 Å². The average molecular weight is 339 g/mol. The molecular formula is C14H11BrO3S. The van der Waals surface area contributed by atoms with Crippen LogP contribution in [0.15, 0.2) is 28.1 Å². The number of hydrogen-bond donors (Lipinski definition) is 0. The van der Waals surface area contributed by atoms with Crippen molar-refractivity contribution in [2.24, 2.45) is 0 Å². The summed E-state index contributed by atoms with van der Waals surface area (Å²) in [6.45, 7) is 0.633. The zero-order chi connectivity index (χ0) is 13.4. The molecule has 0 saturated carbocycles. The summed E-state index contributed by atoms with van der Waals surface area (Å²) in [4.78, 5) is 13.2. The van der Waals surface area contributed by atoms with E-state index in [2.05, 4.69) is 15.9 Å². The molecule has 0 aliphatic carbocycles. The van der Waals surface area contributed by atoms with Gasteiger partial charge in [-0.05, 0) is 29.1 Å². The van der Waals surface area contributed by atoms with Gasteiger partial charge in [0.2, 0.25) is 5.78 Å². The van der Waals surface area contributed by atoms with E-state index in [1.54, 1.807) is 13.2 Å². The maximum Gasteiger partial charge on any atom is 0.210 e. The number of thiophene rings is 1. The molecule has 3 nitrogen and oxygen atoms in total. The summed E-state index contributed by atoms with van der Waals surface area (Å²) in [5.41, 5.74) is 1.68. The van der Waals surface area contributed by atoms with Gasteiger partial charge in [0.05, 0.1) is 19.3 Å². The Labute approximate surface area is 123 Å². The van der Waals surface area contributed by atoms with E-state index in [1.807, 2.05) is 17.5 Å². The molecule has 0 N–H and O–H groups in total. The summed E-state index contributed by atoms with van der Waals surface area (Å²) in [6, 6.07) is 5.62. The maximum absolute atomic E-state index is 12.6. The topological polar surface area (TPSA) is 35.5 Å². The van der Waals surface area contributed by atoms with Crippen molar-refractivity contribution in [1.29, 1.82) is 0 Å². The van der Waals surface area contributed by atoms with Crippen LogP contribution in [0, 0.1) is 0 Å². The largest absolute Gasteiger partial charge is 0.495 e. The molecule has 0 amide bonds. The van der Waals surface area contributed by atoms with Gasteiger partial charge >= 0.3 is 0 Å². The van der Waals surface area contributed by atoms with E-state index in [4.69, 9.17) is 9.47 Å². The standard InChI is InChI=1S/C14H11BrO3S/c1-17-11-3-5-19-14(11)12(16)10-7-9(15)6-8-2-4-18-13(8)10/h3,5-7H,2,4H2,1H3. The summed E-state index contributed by atoms with van der Waals surface area (Å²) >= 11 is 4.83. The molecule has 5 heteroatoms. The summed E-state index contributed by atoms with van der Waals surface area (Å²) < 4.78 is 11.7. The fourth-order valence-electron chi connectivity index (χ4n) is 2.18. The van der Waals surface area contributed by atoms with E-state index in [1.165, 1.54) is 11.3 Å². The van der Waals surface area contributed by atoms with Crippen LogP contribution in [0.25, 0.3) is 0 Å². The smallest absolute Gasteiger partial charge is 0.210 e. The molecule has 1 aromatic carbocycles. The molecule has 98 valence electrons. The molecule has 3 rings (SSSR count). The molecule has 0 atom stereocenters. The predicted octanol–water partition coefficient (Wildman–Crippen LogP) is 3.69. The van der Waals surface area contributed by atoms with Crippen LogP contribution in [-0.2, 0) is 6.42 Å². The number of methoxy groups -OCH3 is 1. The molecule has 0 spiro atoms. The number of ketones is 1. The number of carbonyl (C=O) groups excluding carboxylic acids is 1. The van der Waals surface area contributed by atoms with Gasteiger partial charge in [-0.2, -0.15) is 0 Å². The minimum absolute atomic E-state index is 0.0497. The van der Waals surface area contributed by atoms with Crippen LogP contribution < -0.4 is 9.47 Å². The highest BCUT2D eigenvalue weighted by Gasteiger charge is 2.25. The number of rotatable bonds is 3. The Morgan fingerprint density at radius 2 is 2.32 bits per heavy atom. The first-order chi connectivity index (χ1) is 9.20. The van der Waals surface area contributed by atoms with Gasteiger partial charge in [0.15, 0.2) is 0 Å². The van der Waals surface area contributed by atoms with Crippen molar-refractivity contribution in [2.45, 2.75) is 6.42 Å². The lowest BCUT2D eigenvalue weighted by Gasteiger charge is -2.08. The Hall–Kier alpha value is -1.33. The van der Waals surface area contributed by atoms with Crippen molar-refractivity contribution in [3.8, 4) is 11.5 Å². The zero-order valence-corrected chi connectivity index (χ0v) is 12.6. The summed E-state index contributed by atoms with van der Waals surface area (Å²) in [6.07, 6.45) is 0.844. The third-order valence-corrected chi connectivity index (χ3v) is 4.40. The second-order valence-electron chi connectivity index (χ2n) is 4.19. The minimum Gasteiger partial charge on any atom is -0.495 e. The molecule has 0 radical (unpaired) electrons. The maximum atomic E-state index is 12.6. The number of fused-ring (bicyclic) bond motifs is 1. The van der Waals surface area contributed by atoms with Gasteiger partial charge in [-0.3, -0.25) is 4.79 Å². The number of carbonyl (C=O) groups is 1. The Morgan fingerprint density at radius 1 is 1.47 bits per heavy atom. The lowest BCUT2D eigenvalue weighted by atomic mass is 10.0. The van der Waals surface area contributed by atoms with E-state index in [9.17, 15) is 4.79 Å². The molecule has 0 bridgehead atoms. The minimum atomic E-state index is -0.0497. The van der Waals surface area contributed by atoms with E-state index >= 15 is 0 Å². The van der Waals surface area contributed by atoms with Crippen molar-refractivity contribution < 1.29 is 14.3 Å². The fraction of sp³-hybridized carbons (Fsp3) is 0.214. The molecule has 0 fully saturated rings. The number of benzene rings is 1. The third-order valence-electron chi connectivity index (χ3n) is 3.05. The Morgan fingerprint density at radius 3 is 3.11 bits per heavy atom. The van der Waals surface area contributed by atoms with Crippen molar-refractivity contribution >= 4 is 33.0 Å². The van der Waals surface area contributed by atoms with Gasteiger partial charge in [-0.15, -0.1) is 11.3 Å². The Bertz CT molecular complexity index is 648. The second-order valence-corrected chi connectivity index (χ2v) is 6.02. The first-order valence-corrected chi connectivity index (χ1v) is 7.49. The molecule has 1 aliphatic heterocycles. The van der Waals surface area contributed by atoms with Crippen LogP contribution in [-0.4, -0.2) is 19.5 Å². The lowest BCUT2D eigenvalue weighted by molar-refractivity contribution is 0.103. The monoisotopic (exact) mass is 338 g/mol. The van der Waals surface area contributed by atoms with Crippen LogP contribution in [0.4, 0.5) is 0 Å². The molecule has 2 aromatic rings. The first-order valence-electron chi connectivity index (χ1n) is 5.82. The molecule has 1 aliphatic rings. The van der Waals surface area contributed by atoms with E-state index in [0.29, 0.717) is 28.5 Å². The SMILES string of the molecule is COc1ccsc1C(=O)c1cc(Br)cc2c1OCC2. The highest BCUT2D eigenvalue weighted by Crippen LogP contribution is 2.36. The van der Waals surface area contributed by atoms with Crippen LogP contribution in [0.2, 0.25) is 0 Å². The Balaban J connectivity index is 2.10. The van der Waals surface area contributed by atoms with E-state index < -0.39 is 0 Å². The van der Waals surface area contributed by atoms with Crippen LogP contribution in [0.3, 0.4) is 0 Å². The van der Waals surface area contributed by atoms with E-state index in [0.717, 1.165) is 16.5 Å². The number of halogens is 1. The lowest BCUT2D eigenvalue weighted by Crippen LogP contribution is -2.03. The Kier molecular flexibility index (Phi) is 3.33. The summed E-state index contributed by atoms with van der Waals surface area (Å²) in [5, 5.41) is 1.85. The van der Waals surface area contributed by atoms with Gasteiger partial charge in [-0.25, -0.2) is 0 Å². The second kappa shape index (κ2) is 4.98. The number of ether oxygens (including phenoxy) is 2. The molecule has 2 heterocycles. The van der Waals surface area contributed by atoms with Gasteiger partial charge in [-0.1, -0.05) is 15.9 Å².